The summed E-state index contributed by atoms with van der Waals surface area (Å²) in [5.74, 6) is 1.86. The summed E-state index contributed by atoms with van der Waals surface area (Å²) in [6.07, 6.45) is 5.32. The second-order valence-electron chi connectivity index (χ2n) is 7.56. The lowest BCUT2D eigenvalue weighted by molar-refractivity contribution is 0.346. The van der Waals surface area contributed by atoms with Gasteiger partial charge in [0, 0.05) is 24.7 Å². The minimum absolute atomic E-state index is 0.309. The maximum atomic E-state index is 14.5. The van der Waals surface area contributed by atoms with Crippen LogP contribution in [0.2, 0.25) is 0 Å². The van der Waals surface area contributed by atoms with E-state index in [4.69, 9.17) is 0 Å². The normalized spacial score (nSPS) is 18.0. The van der Waals surface area contributed by atoms with Crippen LogP contribution < -0.4 is 4.90 Å². The molecule has 1 fully saturated rings. The molecular weight excluding hydrogens is 329 g/mol. The predicted molar refractivity (Wildman–Crippen MR) is 101 cm³/mol. The van der Waals surface area contributed by atoms with Crippen molar-refractivity contribution in [1.29, 1.82) is 0 Å². The molecule has 3 aromatic heterocycles. The molecule has 3 aromatic rings. The van der Waals surface area contributed by atoms with Gasteiger partial charge in [-0.25, -0.2) is 14.4 Å². The molecule has 0 aliphatic carbocycles. The van der Waals surface area contributed by atoms with Crippen molar-refractivity contribution in [2.75, 3.05) is 18.0 Å². The van der Waals surface area contributed by atoms with E-state index in [0.29, 0.717) is 28.9 Å². The molecule has 1 aliphatic heterocycles. The first-order valence-electron chi connectivity index (χ1n) is 9.32. The van der Waals surface area contributed by atoms with Gasteiger partial charge >= 0.3 is 0 Å². The smallest absolute Gasteiger partial charge is 0.181 e. The number of H-pyrrole nitrogens is 1. The van der Waals surface area contributed by atoms with Crippen molar-refractivity contribution in [3.05, 3.63) is 36.3 Å². The highest BCUT2D eigenvalue weighted by molar-refractivity contribution is 5.89. The number of rotatable bonds is 4. The summed E-state index contributed by atoms with van der Waals surface area (Å²) >= 11 is 0. The number of aromatic nitrogens is 4. The van der Waals surface area contributed by atoms with E-state index in [-0.39, 0.29) is 5.82 Å². The summed E-state index contributed by atoms with van der Waals surface area (Å²) in [7, 11) is 0. The van der Waals surface area contributed by atoms with Crippen LogP contribution in [0.1, 0.15) is 33.1 Å². The number of halogens is 1. The van der Waals surface area contributed by atoms with Crippen LogP contribution in [0, 0.1) is 17.7 Å². The van der Waals surface area contributed by atoms with Crippen LogP contribution in [-0.4, -0.2) is 33.3 Å². The summed E-state index contributed by atoms with van der Waals surface area (Å²) < 4.78 is 14.5. The van der Waals surface area contributed by atoms with Crippen molar-refractivity contribution >= 4 is 16.9 Å². The number of nitrogens with zero attached hydrogens (tertiary/aromatic N) is 4. The van der Waals surface area contributed by atoms with Gasteiger partial charge in [-0.3, -0.25) is 5.10 Å². The SMILES string of the molecule is CC(C)C[C@H]1CCCN(c2ccc(F)c(-c3[nH]nc4ncccc34)n2)C1. The van der Waals surface area contributed by atoms with Gasteiger partial charge in [-0.15, -0.1) is 0 Å². The van der Waals surface area contributed by atoms with Gasteiger partial charge in [0.05, 0.1) is 5.69 Å². The molecule has 0 amide bonds. The van der Waals surface area contributed by atoms with E-state index in [1.54, 1.807) is 12.3 Å². The highest BCUT2D eigenvalue weighted by atomic mass is 19.1. The first-order valence-corrected chi connectivity index (χ1v) is 9.32. The van der Waals surface area contributed by atoms with Crippen LogP contribution in [0.5, 0.6) is 0 Å². The van der Waals surface area contributed by atoms with Crippen LogP contribution in [0.3, 0.4) is 0 Å². The molecule has 0 radical (unpaired) electrons. The third-order valence-corrected chi connectivity index (χ3v) is 5.05. The summed E-state index contributed by atoms with van der Waals surface area (Å²) in [5, 5.41) is 7.85. The van der Waals surface area contributed by atoms with Crippen LogP contribution in [-0.2, 0) is 0 Å². The molecular formula is C20H24FN5. The molecule has 4 heterocycles. The molecule has 0 unspecified atom stereocenters. The van der Waals surface area contributed by atoms with E-state index in [1.807, 2.05) is 12.1 Å². The molecule has 0 spiro atoms. The standard InChI is InChI=1S/C20H24FN5/c1-13(2)11-14-5-4-10-26(12-14)17-8-7-16(21)19(23-17)18-15-6-3-9-22-20(15)25-24-18/h3,6-9,13-14H,4-5,10-12H2,1-2H3,(H,22,24,25)/t14-/m1/s1. The zero-order valence-corrected chi connectivity index (χ0v) is 15.2. The van der Waals surface area contributed by atoms with E-state index in [0.717, 1.165) is 30.7 Å². The molecule has 5 nitrogen and oxygen atoms in total. The minimum Gasteiger partial charge on any atom is -0.356 e. The van der Waals surface area contributed by atoms with Crippen LogP contribution >= 0.6 is 0 Å². The number of nitrogens with one attached hydrogen (secondary N) is 1. The largest absolute Gasteiger partial charge is 0.356 e. The lowest BCUT2D eigenvalue weighted by Crippen LogP contribution is -2.36. The molecule has 0 saturated carbocycles. The third kappa shape index (κ3) is 3.28. The fraction of sp³-hybridized carbons (Fsp3) is 0.450. The number of aromatic amines is 1. The van der Waals surface area contributed by atoms with E-state index >= 15 is 0 Å². The van der Waals surface area contributed by atoms with Gasteiger partial charge in [0.25, 0.3) is 0 Å². The summed E-state index contributed by atoms with van der Waals surface area (Å²) in [6, 6.07) is 7.00. The topological polar surface area (TPSA) is 57.7 Å². The average molecular weight is 353 g/mol. The summed E-state index contributed by atoms with van der Waals surface area (Å²) in [4.78, 5) is 11.1. The second-order valence-corrected chi connectivity index (χ2v) is 7.56. The van der Waals surface area contributed by atoms with Crippen LogP contribution in [0.15, 0.2) is 30.5 Å². The first-order chi connectivity index (χ1) is 12.6. The maximum absolute atomic E-state index is 14.5. The van der Waals surface area contributed by atoms with Gasteiger partial charge in [0.2, 0.25) is 0 Å². The van der Waals surface area contributed by atoms with Crippen LogP contribution in [0.4, 0.5) is 10.2 Å². The van der Waals surface area contributed by atoms with Crippen molar-refractivity contribution < 1.29 is 4.39 Å². The Hall–Kier alpha value is -2.50. The monoisotopic (exact) mass is 353 g/mol. The Labute approximate surface area is 152 Å². The fourth-order valence-corrected chi connectivity index (χ4v) is 3.95. The number of piperidine rings is 1. The lowest BCUT2D eigenvalue weighted by Gasteiger charge is -2.34. The molecule has 4 rings (SSSR count). The van der Waals surface area contributed by atoms with Crippen molar-refractivity contribution in [3.63, 3.8) is 0 Å². The average Bonchev–Trinajstić information content (AvgIpc) is 3.06. The van der Waals surface area contributed by atoms with Gasteiger partial charge in [-0.1, -0.05) is 13.8 Å². The van der Waals surface area contributed by atoms with Crippen molar-refractivity contribution in [3.8, 4) is 11.4 Å². The Bertz CT molecular complexity index is 904. The quantitative estimate of drug-likeness (QED) is 0.754. The minimum atomic E-state index is -0.348. The molecule has 1 N–H and O–H groups in total. The maximum Gasteiger partial charge on any atom is 0.181 e. The second kappa shape index (κ2) is 7.02. The molecule has 1 aliphatic rings. The Morgan fingerprint density at radius 3 is 3.04 bits per heavy atom. The molecule has 6 heteroatoms. The van der Waals surface area contributed by atoms with Crippen molar-refractivity contribution in [2.45, 2.75) is 33.1 Å². The predicted octanol–water partition coefficient (Wildman–Crippen LogP) is 4.42. The van der Waals surface area contributed by atoms with E-state index < -0.39 is 0 Å². The fourth-order valence-electron chi connectivity index (χ4n) is 3.95. The Morgan fingerprint density at radius 1 is 1.31 bits per heavy atom. The van der Waals surface area contributed by atoms with Gasteiger partial charge in [-0.05, 0) is 55.4 Å². The third-order valence-electron chi connectivity index (χ3n) is 5.05. The molecule has 1 atom stereocenters. The zero-order chi connectivity index (χ0) is 18.1. The van der Waals surface area contributed by atoms with Gasteiger partial charge in [0.15, 0.2) is 11.5 Å². The van der Waals surface area contributed by atoms with E-state index in [1.165, 1.54) is 18.9 Å². The molecule has 0 aromatic carbocycles. The van der Waals surface area contributed by atoms with Crippen molar-refractivity contribution in [2.24, 2.45) is 11.8 Å². The van der Waals surface area contributed by atoms with E-state index in [2.05, 4.69) is 38.9 Å². The summed E-state index contributed by atoms with van der Waals surface area (Å²) in [5.41, 5.74) is 1.47. The van der Waals surface area contributed by atoms with Crippen molar-refractivity contribution in [1.82, 2.24) is 20.2 Å². The Morgan fingerprint density at radius 2 is 2.19 bits per heavy atom. The Balaban J connectivity index is 1.66. The Kier molecular flexibility index (Phi) is 4.57. The van der Waals surface area contributed by atoms with Gasteiger partial charge in [0.1, 0.15) is 11.5 Å². The molecule has 136 valence electrons. The highest BCUT2D eigenvalue weighted by Gasteiger charge is 2.23. The first kappa shape index (κ1) is 16.9. The number of hydrogen-bond acceptors (Lipinski definition) is 4. The number of fused-ring (bicyclic) bond motifs is 1. The van der Waals surface area contributed by atoms with Gasteiger partial charge in [-0.2, -0.15) is 5.10 Å². The lowest BCUT2D eigenvalue weighted by atomic mass is 9.90. The van der Waals surface area contributed by atoms with Gasteiger partial charge < -0.3 is 4.90 Å². The molecule has 0 bridgehead atoms. The summed E-state index contributed by atoms with van der Waals surface area (Å²) in [6.45, 7) is 6.49. The number of hydrogen-bond donors (Lipinski definition) is 1. The molecule has 1 saturated heterocycles. The zero-order valence-electron chi connectivity index (χ0n) is 15.2. The number of pyridine rings is 2. The number of anilines is 1. The highest BCUT2D eigenvalue weighted by Crippen LogP contribution is 2.30. The van der Waals surface area contributed by atoms with Crippen LogP contribution in [0.25, 0.3) is 22.4 Å². The molecule has 26 heavy (non-hydrogen) atoms. The van der Waals surface area contributed by atoms with E-state index in [9.17, 15) is 4.39 Å².